The Morgan fingerprint density at radius 3 is 2.52 bits per heavy atom. The minimum Gasteiger partial charge on any atom is -0.496 e. The van der Waals surface area contributed by atoms with Crippen molar-refractivity contribution in [3.63, 3.8) is 0 Å². The smallest absolute Gasteiger partial charge is 0.335 e. The van der Waals surface area contributed by atoms with Crippen molar-refractivity contribution in [2.75, 3.05) is 12.4 Å². The lowest BCUT2D eigenvalue weighted by Gasteiger charge is -2.10. The first-order chi connectivity index (χ1) is 10.0. The molecule has 2 rings (SSSR count). The third kappa shape index (κ3) is 3.32. The molecule has 5 nitrogen and oxygen atoms in total. The first-order valence-electron chi connectivity index (χ1n) is 6.00. The summed E-state index contributed by atoms with van der Waals surface area (Å²) < 4.78 is 5.11. The van der Waals surface area contributed by atoms with Crippen LogP contribution in [0, 0.1) is 0 Å². The van der Waals surface area contributed by atoms with E-state index in [0.29, 0.717) is 17.0 Å². The molecule has 0 aliphatic carbocycles. The molecule has 108 valence electrons. The number of carboxylic acids is 1. The zero-order valence-corrected chi connectivity index (χ0v) is 11.8. The molecule has 2 N–H and O–H groups in total. The van der Waals surface area contributed by atoms with Crippen LogP contribution in [0.2, 0.25) is 5.02 Å². The van der Waals surface area contributed by atoms with Crippen LogP contribution in [-0.4, -0.2) is 24.1 Å². The number of methoxy groups -OCH3 is 1. The molecule has 21 heavy (non-hydrogen) atoms. The minimum atomic E-state index is -1.08. The molecule has 0 aliphatic heterocycles. The topological polar surface area (TPSA) is 75.6 Å². The van der Waals surface area contributed by atoms with Gasteiger partial charge < -0.3 is 15.2 Å². The molecule has 0 aromatic heterocycles. The molecule has 0 unspecified atom stereocenters. The number of benzene rings is 2. The van der Waals surface area contributed by atoms with Gasteiger partial charge in [0.1, 0.15) is 5.75 Å². The Hall–Kier alpha value is -2.53. The monoisotopic (exact) mass is 305 g/mol. The van der Waals surface area contributed by atoms with E-state index in [1.54, 1.807) is 24.3 Å². The molecule has 0 bridgehead atoms. The first-order valence-corrected chi connectivity index (χ1v) is 6.38. The third-order valence-corrected chi connectivity index (χ3v) is 3.13. The third-order valence-electron chi connectivity index (χ3n) is 2.82. The average molecular weight is 306 g/mol. The van der Waals surface area contributed by atoms with Gasteiger partial charge in [-0.3, -0.25) is 4.79 Å². The van der Waals surface area contributed by atoms with Crippen LogP contribution in [0.3, 0.4) is 0 Å². The maximum atomic E-state index is 12.2. The number of carbonyl (C=O) groups excluding carboxylic acids is 1. The predicted molar refractivity (Wildman–Crippen MR) is 79.4 cm³/mol. The Balaban J connectivity index is 2.26. The van der Waals surface area contributed by atoms with Gasteiger partial charge in [-0.2, -0.15) is 0 Å². The Morgan fingerprint density at radius 2 is 1.90 bits per heavy atom. The van der Waals surface area contributed by atoms with Gasteiger partial charge in [0.25, 0.3) is 5.91 Å². The lowest BCUT2D eigenvalue weighted by atomic mass is 10.1. The lowest BCUT2D eigenvalue weighted by molar-refractivity contribution is 0.0696. The Bertz CT molecular complexity index is 700. The molecule has 0 saturated heterocycles. The SMILES string of the molecule is COc1ccccc1C(=O)Nc1ccc(C(=O)O)cc1Cl. The van der Waals surface area contributed by atoms with Gasteiger partial charge >= 0.3 is 5.97 Å². The molecule has 0 heterocycles. The fourth-order valence-corrected chi connectivity index (χ4v) is 2.00. The van der Waals surface area contributed by atoms with Gasteiger partial charge in [-0.05, 0) is 30.3 Å². The number of nitrogens with one attached hydrogen (secondary N) is 1. The van der Waals surface area contributed by atoms with Gasteiger partial charge in [0.2, 0.25) is 0 Å². The van der Waals surface area contributed by atoms with Gasteiger partial charge in [0, 0.05) is 0 Å². The molecule has 2 aromatic carbocycles. The maximum absolute atomic E-state index is 12.2. The Kier molecular flexibility index (Phi) is 4.45. The number of carboxylic acid groups (broad SMARTS) is 1. The number of halogens is 1. The number of rotatable bonds is 4. The van der Waals surface area contributed by atoms with Crippen LogP contribution in [0.25, 0.3) is 0 Å². The van der Waals surface area contributed by atoms with Gasteiger partial charge in [0.05, 0.1) is 28.9 Å². The van der Waals surface area contributed by atoms with Crippen molar-refractivity contribution in [3.05, 3.63) is 58.6 Å². The largest absolute Gasteiger partial charge is 0.496 e. The van der Waals surface area contributed by atoms with Crippen LogP contribution in [0.4, 0.5) is 5.69 Å². The zero-order chi connectivity index (χ0) is 15.4. The highest BCUT2D eigenvalue weighted by Gasteiger charge is 2.14. The highest BCUT2D eigenvalue weighted by Crippen LogP contribution is 2.25. The van der Waals surface area contributed by atoms with Gasteiger partial charge in [0.15, 0.2) is 0 Å². The van der Waals surface area contributed by atoms with E-state index in [9.17, 15) is 9.59 Å². The van der Waals surface area contributed by atoms with Crippen LogP contribution in [0.5, 0.6) is 5.75 Å². The summed E-state index contributed by atoms with van der Waals surface area (Å²) in [6.45, 7) is 0. The van der Waals surface area contributed by atoms with E-state index >= 15 is 0 Å². The molecule has 0 fully saturated rings. The van der Waals surface area contributed by atoms with Crippen molar-refractivity contribution >= 4 is 29.2 Å². The summed E-state index contributed by atoms with van der Waals surface area (Å²) in [4.78, 5) is 23.0. The quantitative estimate of drug-likeness (QED) is 0.908. The molecular weight excluding hydrogens is 294 g/mol. The molecule has 2 aromatic rings. The van der Waals surface area contributed by atoms with E-state index in [4.69, 9.17) is 21.4 Å². The molecular formula is C15H12ClNO4. The van der Waals surface area contributed by atoms with E-state index in [2.05, 4.69) is 5.32 Å². The summed E-state index contributed by atoms with van der Waals surface area (Å²) in [5, 5.41) is 11.6. The molecule has 0 radical (unpaired) electrons. The number of aromatic carboxylic acids is 1. The molecule has 0 saturated carbocycles. The number of ether oxygens (including phenoxy) is 1. The normalized spacial score (nSPS) is 10.0. The molecule has 1 amide bonds. The zero-order valence-electron chi connectivity index (χ0n) is 11.1. The second-order valence-electron chi connectivity index (χ2n) is 4.15. The van der Waals surface area contributed by atoms with E-state index < -0.39 is 11.9 Å². The second-order valence-corrected chi connectivity index (χ2v) is 4.56. The second kappa shape index (κ2) is 6.28. The predicted octanol–water partition coefficient (Wildman–Crippen LogP) is 3.30. The van der Waals surface area contributed by atoms with Crippen LogP contribution >= 0.6 is 11.6 Å². The maximum Gasteiger partial charge on any atom is 0.335 e. The Labute approximate surface area is 126 Å². The number of carbonyl (C=O) groups is 2. The molecule has 6 heteroatoms. The number of hydrogen-bond donors (Lipinski definition) is 2. The van der Waals surface area contributed by atoms with Crippen molar-refractivity contribution in [1.82, 2.24) is 0 Å². The van der Waals surface area contributed by atoms with Crippen LogP contribution < -0.4 is 10.1 Å². The van der Waals surface area contributed by atoms with E-state index in [1.807, 2.05) is 0 Å². The van der Waals surface area contributed by atoms with Gasteiger partial charge in [-0.25, -0.2) is 4.79 Å². The number of hydrogen-bond acceptors (Lipinski definition) is 3. The molecule has 0 spiro atoms. The summed E-state index contributed by atoms with van der Waals surface area (Å²) in [7, 11) is 1.47. The number of amides is 1. The summed E-state index contributed by atoms with van der Waals surface area (Å²) in [5.74, 6) is -1.04. The Morgan fingerprint density at radius 1 is 1.19 bits per heavy atom. The molecule has 0 aliphatic rings. The van der Waals surface area contributed by atoms with E-state index in [0.717, 1.165) is 0 Å². The summed E-state index contributed by atoms with van der Waals surface area (Å²) in [6, 6.07) is 10.8. The van der Waals surface area contributed by atoms with Crippen molar-refractivity contribution in [3.8, 4) is 5.75 Å². The fourth-order valence-electron chi connectivity index (χ4n) is 1.77. The van der Waals surface area contributed by atoms with E-state index in [1.165, 1.54) is 25.3 Å². The van der Waals surface area contributed by atoms with E-state index in [-0.39, 0.29) is 10.6 Å². The first kappa shape index (κ1) is 14.9. The summed E-state index contributed by atoms with van der Waals surface area (Å²) in [5.41, 5.74) is 0.742. The highest BCUT2D eigenvalue weighted by molar-refractivity contribution is 6.34. The van der Waals surface area contributed by atoms with Crippen molar-refractivity contribution < 1.29 is 19.4 Å². The van der Waals surface area contributed by atoms with Crippen LogP contribution in [0.1, 0.15) is 20.7 Å². The van der Waals surface area contributed by atoms with Crippen LogP contribution in [0.15, 0.2) is 42.5 Å². The number of para-hydroxylation sites is 1. The standard InChI is InChI=1S/C15H12ClNO4/c1-21-13-5-3-2-4-10(13)14(18)17-12-7-6-9(15(19)20)8-11(12)16/h2-8H,1H3,(H,17,18)(H,19,20). The number of anilines is 1. The van der Waals surface area contributed by atoms with Gasteiger partial charge in [-0.1, -0.05) is 23.7 Å². The minimum absolute atomic E-state index is 0.0512. The summed E-state index contributed by atoms with van der Waals surface area (Å²) >= 11 is 5.97. The fraction of sp³-hybridized carbons (Fsp3) is 0.0667. The summed E-state index contributed by atoms with van der Waals surface area (Å²) in [6.07, 6.45) is 0. The van der Waals surface area contributed by atoms with Crippen LogP contribution in [-0.2, 0) is 0 Å². The average Bonchev–Trinajstić information content (AvgIpc) is 2.48. The highest BCUT2D eigenvalue weighted by atomic mass is 35.5. The van der Waals surface area contributed by atoms with Gasteiger partial charge in [-0.15, -0.1) is 0 Å². The lowest BCUT2D eigenvalue weighted by Crippen LogP contribution is -2.13. The van der Waals surface area contributed by atoms with Crippen molar-refractivity contribution in [2.45, 2.75) is 0 Å². The molecule has 0 atom stereocenters. The van der Waals surface area contributed by atoms with Crippen molar-refractivity contribution in [1.29, 1.82) is 0 Å². The van der Waals surface area contributed by atoms with Crippen molar-refractivity contribution in [2.24, 2.45) is 0 Å².